The lowest BCUT2D eigenvalue weighted by Crippen LogP contribution is -2.38. The Hall–Kier alpha value is -1.03. The third kappa shape index (κ3) is 6.10. The van der Waals surface area contributed by atoms with Crippen molar-refractivity contribution in [1.29, 1.82) is 0 Å². The van der Waals surface area contributed by atoms with Gasteiger partial charge in [0.2, 0.25) is 5.91 Å². The molecule has 0 radical (unpaired) electrons. The van der Waals surface area contributed by atoms with Gasteiger partial charge in [0.05, 0.1) is 10.9 Å². The van der Waals surface area contributed by atoms with Crippen LogP contribution in [0.15, 0.2) is 24.3 Å². The van der Waals surface area contributed by atoms with Crippen LogP contribution in [0.4, 0.5) is 0 Å². The lowest BCUT2D eigenvalue weighted by atomic mass is 10.1. The molecule has 0 unspecified atom stereocenters. The molecular weight excluding hydrogens is 306 g/mol. The van der Waals surface area contributed by atoms with Crippen LogP contribution in [-0.4, -0.2) is 23.4 Å². The van der Waals surface area contributed by atoms with Crippen molar-refractivity contribution in [2.75, 3.05) is 13.2 Å². The summed E-state index contributed by atoms with van der Waals surface area (Å²) in [6.45, 7) is 7.12. The van der Waals surface area contributed by atoms with Gasteiger partial charge in [-0.05, 0) is 44.4 Å². The second kappa shape index (κ2) is 7.53. The standard InChI is InChI=1S/C15H22BrNO2/c1-4-10-19-13-7-5-6-12(11-13)8-9-17-14(18)15(2,3)16/h5-7,11H,4,8-10H2,1-3H3,(H,17,18). The van der Waals surface area contributed by atoms with Crippen molar-refractivity contribution in [2.24, 2.45) is 0 Å². The number of rotatable bonds is 7. The molecule has 1 N–H and O–H groups in total. The molecule has 4 heteroatoms. The maximum Gasteiger partial charge on any atom is 0.236 e. The molecule has 0 spiro atoms. The smallest absolute Gasteiger partial charge is 0.236 e. The molecule has 1 aromatic carbocycles. The van der Waals surface area contributed by atoms with Gasteiger partial charge < -0.3 is 10.1 Å². The van der Waals surface area contributed by atoms with Crippen LogP contribution in [0.3, 0.4) is 0 Å². The summed E-state index contributed by atoms with van der Waals surface area (Å²) in [5.41, 5.74) is 1.17. The quantitative estimate of drug-likeness (QED) is 0.780. The fourth-order valence-electron chi connectivity index (χ4n) is 1.54. The average Bonchev–Trinajstić information content (AvgIpc) is 2.35. The van der Waals surface area contributed by atoms with Gasteiger partial charge in [-0.3, -0.25) is 4.79 Å². The van der Waals surface area contributed by atoms with E-state index in [1.807, 2.05) is 38.1 Å². The van der Waals surface area contributed by atoms with Crippen molar-refractivity contribution < 1.29 is 9.53 Å². The van der Waals surface area contributed by atoms with Gasteiger partial charge in [0.25, 0.3) is 0 Å². The Morgan fingerprint density at radius 3 is 2.79 bits per heavy atom. The average molecular weight is 328 g/mol. The van der Waals surface area contributed by atoms with Gasteiger partial charge in [0.1, 0.15) is 5.75 Å². The van der Waals surface area contributed by atoms with Crippen molar-refractivity contribution >= 4 is 21.8 Å². The van der Waals surface area contributed by atoms with Crippen LogP contribution in [-0.2, 0) is 11.2 Å². The molecule has 0 bridgehead atoms. The summed E-state index contributed by atoms with van der Waals surface area (Å²) in [6, 6.07) is 8.02. The van der Waals surface area contributed by atoms with E-state index in [1.165, 1.54) is 5.56 Å². The number of benzene rings is 1. The van der Waals surface area contributed by atoms with E-state index in [1.54, 1.807) is 0 Å². The van der Waals surface area contributed by atoms with Crippen LogP contribution < -0.4 is 10.1 Å². The summed E-state index contributed by atoms with van der Waals surface area (Å²) >= 11 is 3.34. The third-order valence-electron chi connectivity index (χ3n) is 2.61. The van der Waals surface area contributed by atoms with E-state index < -0.39 is 4.32 Å². The van der Waals surface area contributed by atoms with E-state index in [0.29, 0.717) is 6.54 Å². The Balaban J connectivity index is 2.43. The van der Waals surface area contributed by atoms with Crippen molar-refractivity contribution in [3.63, 3.8) is 0 Å². The Kier molecular flexibility index (Phi) is 6.35. The number of hydrogen-bond donors (Lipinski definition) is 1. The zero-order valence-electron chi connectivity index (χ0n) is 11.8. The van der Waals surface area contributed by atoms with Crippen LogP contribution in [0.1, 0.15) is 32.8 Å². The zero-order valence-corrected chi connectivity index (χ0v) is 13.4. The molecule has 0 saturated heterocycles. The van der Waals surface area contributed by atoms with Gasteiger partial charge in [-0.15, -0.1) is 0 Å². The summed E-state index contributed by atoms with van der Waals surface area (Å²) in [5.74, 6) is 0.900. The molecule has 0 aliphatic carbocycles. The highest BCUT2D eigenvalue weighted by molar-refractivity contribution is 9.10. The minimum absolute atomic E-state index is 0.00545. The SMILES string of the molecule is CCCOc1cccc(CCNC(=O)C(C)(C)Br)c1. The summed E-state index contributed by atoms with van der Waals surface area (Å²) in [4.78, 5) is 11.7. The minimum atomic E-state index is -0.515. The van der Waals surface area contributed by atoms with Crippen LogP contribution in [0, 0.1) is 0 Å². The van der Waals surface area contributed by atoms with E-state index in [9.17, 15) is 4.79 Å². The molecular formula is C15H22BrNO2. The van der Waals surface area contributed by atoms with E-state index >= 15 is 0 Å². The molecule has 3 nitrogen and oxygen atoms in total. The molecule has 1 amide bonds. The van der Waals surface area contributed by atoms with Crippen LogP contribution in [0.25, 0.3) is 0 Å². The Labute approximate surface area is 123 Å². The molecule has 0 aliphatic heterocycles. The lowest BCUT2D eigenvalue weighted by Gasteiger charge is -2.15. The van der Waals surface area contributed by atoms with Gasteiger partial charge in [-0.25, -0.2) is 0 Å². The number of amides is 1. The highest BCUT2D eigenvalue weighted by Gasteiger charge is 2.22. The highest BCUT2D eigenvalue weighted by atomic mass is 79.9. The summed E-state index contributed by atoms with van der Waals surface area (Å²) in [7, 11) is 0. The van der Waals surface area contributed by atoms with Crippen LogP contribution in [0.5, 0.6) is 5.75 Å². The monoisotopic (exact) mass is 327 g/mol. The normalized spacial score (nSPS) is 11.2. The third-order valence-corrected chi connectivity index (χ3v) is 2.97. The fourth-order valence-corrected chi connectivity index (χ4v) is 1.68. The molecule has 0 aliphatic rings. The first-order valence-corrected chi connectivity index (χ1v) is 7.41. The predicted molar refractivity (Wildman–Crippen MR) is 81.9 cm³/mol. The largest absolute Gasteiger partial charge is 0.494 e. The van der Waals surface area contributed by atoms with E-state index in [0.717, 1.165) is 25.2 Å². The molecule has 0 heterocycles. The Morgan fingerprint density at radius 2 is 2.16 bits per heavy atom. The molecule has 0 aromatic heterocycles. The predicted octanol–water partition coefficient (Wildman–Crippen LogP) is 3.31. The Morgan fingerprint density at radius 1 is 1.42 bits per heavy atom. The molecule has 106 valence electrons. The Bertz CT molecular complexity index is 413. The first-order chi connectivity index (χ1) is 8.93. The second-order valence-electron chi connectivity index (χ2n) is 4.97. The van der Waals surface area contributed by atoms with Gasteiger partial charge in [-0.2, -0.15) is 0 Å². The van der Waals surface area contributed by atoms with E-state index in [2.05, 4.69) is 28.2 Å². The molecule has 19 heavy (non-hydrogen) atoms. The molecule has 1 aromatic rings. The molecule has 0 saturated carbocycles. The lowest BCUT2D eigenvalue weighted by molar-refractivity contribution is -0.122. The van der Waals surface area contributed by atoms with Gasteiger partial charge in [0, 0.05) is 6.54 Å². The van der Waals surface area contributed by atoms with Crippen molar-refractivity contribution in [2.45, 2.75) is 37.9 Å². The highest BCUT2D eigenvalue weighted by Crippen LogP contribution is 2.16. The number of carbonyl (C=O) groups excluding carboxylic acids is 1. The first-order valence-electron chi connectivity index (χ1n) is 6.62. The topological polar surface area (TPSA) is 38.3 Å². The van der Waals surface area contributed by atoms with Crippen molar-refractivity contribution in [3.8, 4) is 5.75 Å². The summed E-state index contributed by atoms with van der Waals surface area (Å²) in [6.07, 6.45) is 1.80. The number of nitrogens with one attached hydrogen (secondary N) is 1. The van der Waals surface area contributed by atoms with E-state index in [4.69, 9.17) is 4.74 Å². The number of carbonyl (C=O) groups is 1. The first kappa shape index (κ1) is 16.0. The summed E-state index contributed by atoms with van der Waals surface area (Å²) < 4.78 is 5.07. The number of ether oxygens (including phenoxy) is 1. The zero-order chi connectivity index (χ0) is 14.3. The molecule has 1 rings (SSSR count). The van der Waals surface area contributed by atoms with E-state index in [-0.39, 0.29) is 5.91 Å². The molecule has 0 fully saturated rings. The van der Waals surface area contributed by atoms with Crippen LogP contribution >= 0.6 is 15.9 Å². The maximum absolute atomic E-state index is 11.7. The van der Waals surface area contributed by atoms with Gasteiger partial charge >= 0.3 is 0 Å². The number of hydrogen-bond acceptors (Lipinski definition) is 2. The van der Waals surface area contributed by atoms with Crippen molar-refractivity contribution in [1.82, 2.24) is 5.32 Å². The molecule has 0 atom stereocenters. The number of alkyl halides is 1. The van der Waals surface area contributed by atoms with Gasteiger partial charge in [-0.1, -0.05) is 35.0 Å². The fraction of sp³-hybridized carbons (Fsp3) is 0.533. The number of halogens is 1. The van der Waals surface area contributed by atoms with Crippen LogP contribution in [0.2, 0.25) is 0 Å². The summed E-state index contributed by atoms with van der Waals surface area (Å²) in [5, 5.41) is 2.91. The second-order valence-corrected chi connectivity index (χ2v) is 6.96. The maximum atomic E-state index is 11.7. The minimum Gasteiger partial charge on any atom is -0.494 e. The van der Waals surface area contributed by atoms with Gasteiger partial charge in [0.15, 0.2) is 0 Å². The van der Waals surface area contributed by atoms with Crippen molar-refractivity contribution in [3.05, 3.63) is 29.8 Å².